The van der Waals surface area contributed by atoms with Crippen LogP contribution in [0.25, 0.3) is 22.3 Å². The number of hydrogen-bond donors (Lipinski definition) is 3. The van der Waals surface area contributed by atoms with Gasteiger partial charge in [0.15, 0.2) is 17.1 Å². The van der Waals surface area contributed by atoms with Crippen molar-refractivity contribution < 1.29 is 28.9 Å². The molecule has 3 aliphatic rings. The molecule has 6 rings (SSSR count). The molecule has 0 bridgehead atoms. The predicted molar refractivity (Wildman–Crippen MR) is 134 cm³/mol. The number of hydrogen-bond acceptors (Lipinski definition) is 9. The van der Waals surface area contributed by atoms with Crippen LogP contribution >= 0.6 is 0 Å². The molecule has 0 radical (unpaired) electrons. The number of aliphatic hydroxyl groups is 1. The number of carbonyl (C=O) groups excluding carboxylic acids is 2. The molecular weight excluding hydrogens is 492 g/mol. The summed E-state index contributed by atoms with van der Waals surface area (Å²) >= 11 is 0. The summed E-state index contributed by atoms with van der Waals surface area (Å²) in [5, 5.41) is 14.6. The minimum Gasteiger partial charge on any atom is -0.458 e. The molecule has 0 unspecified atom stereocenters. The van der Waals surface area contributed by atoms with Gasteiger partial charge in [-0.3, -0.25) is 9.59 Å². The smallest absolute Gasteiger partial charge is 0.343 e. The van der Waals surface area contributed by atoms with Gasteiger partial charge in [0.05, 0.1) is 35.6 Å². The third-order valence-corrected chi connectivity index (χ3v) is 7.15. The van der Waals surface area contributed by atoms with Gasteiger partial charge in [-0.2, -0.15) is 0 Å². The third kappa shape index (κ3) is 3.53. The van der Waals surface area contributed by atoms with Crippen LogP contribution < -0.4 is 26.1 Å². The van der Waals surface area contributed by atoms with Crippen molar-refractivity contribution in [2.45, 2.75) is 38.5 Å². The number of nitrogens with zero attached hydrogens (tertiary/aromatic N) is 2. The van der Waals surface area contributed by atoms with E-state index < -0.39 is 11.6 Å². The Kier molecular flexibility index (Phi) is 5.59. The van der Waals surface area contributed by atoms with E-state index in [-0.39, 0.29) is 55.5 Å². The van der Waals surface area contributed by atoms with Crippen molar-refractivity contribution in [1.29, 1.82) is 0 Å². The van der Waals surface area contributed by atoms with Gasteiger partial charge in [0.25, 0.3) is 5.56 Å². The fraction of sp³-hybridized carbons (Fsp3) is 0.333. The zero-order valence-corrected chi connectivity index (χ0v) is 20.6. The maximum Gasteiger partial charge on any atom is 0.343 e. The first-order valence-electron chi connectivity index (χ1n) is 12.2. The minimum atomic E-state index is -1.91. The minimum absolute atomic E-state index is 0.0562. The molecule has 3 aliphatic heterocycles. The molecule has 0 saturated carbocycles. The van der Waals surface area contributed by atoms with E-state index in [0.29, 0.717) is 46.9 Å². The molecule has 194 valence electrons. The van der Waals surface area contributed by atoms with Crippen LogP contribution in [0.15, 0.2) is 23.0 Å². The molecular formula is C27H24N4O7. The quantitative estimate of drug-likeness (QED) is 0.201. The molecule has 1 aromatic carbocycles. The molecule has 1 amide bonds. The summed E-state index contributed by atoms with van der Waals surface area (Å²) in [5.41, 5.74) is 6.60. The number of aromatic nitrogens is 2. The van der Waals surface area contributed by atoms with Gasteiger partial charge < -0.3 is 34.9 Å². The van der Waals surface area contributed by atoms with Gasteiger partial charge in [-0.15, -0.1) is 0 Å². The first kappa shape index (κ1) is 24.0. The molecule has 2 aromatic heterocycles. The van der Waals surface area contributed by atoms with E-state index in [2.05, 4.69) is 17.2 Å². The summed E-state index contributed by atoms with van der Waals surface area (Å²) in [6, 6.07) is 5.26. The Morgan fingerprint density at radius 2 is 2.00 bits per heavy atom. The first-order chi connectivity index (χ1) is 18.4. The number of carbonyl (C=O) groups is 2. The Morgan fingerprint density at radius 3 is 2.76 bits per heavy atom. The topological polar surface area (TPSA) is 155 Å². The highest BCUT2D eigenvalue weighted by atomic mass is 16.7. The lowest BCUT2D eigenvalue weighted by Crippen LogP contribution is -2.44. The second-order valence-electron chi connectivity index (χ2n) is 9.25. The lowest BCUT2D eigenvalue weighted by molar-refractivity contribution is -0.172. The fourth-order valence-electron chi connectivity index (χ4n) is 5.10. The Morgan fingerprint density at radius 1 is 1.21 bits per heavy atom. The van der Waals surface area contributed by atoms with E-state index in [9.17, 15) is 19.5 Å². The first-order valence-corrected chi connectivity index (χ1v) is 12.2. The van der Waals surface area contributed by atoms with Crippen LogP contribution in [0.2, 0.25) is 0 Å². The van der Waals surface area contributed by atoms with Crippen LogP contribution in [-0.4, -0.2) is 46.4 Å². The van der Waals surface area contributed by atoms with Gasteiger partial charge in [-0.1, -0.05) is 18.8 Å². The summed E-state index contributed by atoms with van der Waals surface area (Å²) in [7, 11) is 0. The van der Waals surface area contributed by atoms with Crippen molar-refractivity contribution >= 4 is 22.8 Å². The van der Waals surface area contributed by atoms with Crippen molar-refractivity contribution in [1.82, 2.24) is 14.9 Å². The Balaban J connectivity index is 1.53. The fourth-order valence-corrected chi connectivity index (χ4v) is 5.10. The van der Waals surface area contributed by atoms with Crippen LogP contribution in [0.1, 0.15) is 42.0 Å². The molecule has 11 nitrogen and oxygen atoms in total. The normalized spacial score (nSPS) is 18.2. The van der Waals surface area contributed by atoms with Crippen LogP contribution in [0.5, 0.6) is 11.5 Å². The maximum atomic E-state index is 13.6. The summed E-state index contributed by atoms with van der Waals surface area (Å²) in [6.07, 6.45) is 0.444. The predicted octanol–water partition coefficient (Wildman–Crippen LogP) is 0.625. The molecule has 1 atom stereocenters. The molecule has 38 heavy (non-hydrogen) atoms. The van der Waals surface area contributed by atoms with Crippen molar-refractivity contribution in [2.75, 3.05) is 19.9 Å². The SMILES string of the molecule is CC[C@@]1(O)C(=O)OCc2c1cc1n(c2=O)Cc2c-1nc1cc3c(cc1c2C#CCCNC(=O)CN)OCO3. The summed E-state index contributed by atoms with van der Waals surface area (Å²) in [4.78, 5) is 42.3. The van der Waals surface area contributed by atoms with Gasteiger partial charge in [0, 0.05) is 41.1 Å². The standard InChI is InChI=1S/C27H24N4O7/c1-2-27(35)18-8-20-24-16(11-31(20)25(33)17(18)12-36-26(27)34)14(5-3-4-6-29-23(32)10-28)15-7-21-22(38-13-37-21)9-19(15)30-24/h7-9,35H,2,4,6,10-13,28H2,1H3,(H,29,32)/t27-/m0/s1. The van der Waals surface area contributed by atoms with Crippen molar-refractivity contribution in [2.24, 2.45) is 5.73 Å². The lowest BCUT2D eigenvalue weighted by atomic mass is 9.86. The van der Waals surface area contributed by atoms with Gasteiger partial charge in [-0.25, -0.2) is 9.78 Å². The number of rotatable bonds is 4. The molecule has 4 N–H and O–H groups in total. The van der Waals surface area contributed by atoms with Crippen molar-refractivity contribution in [3.63, 3.8) is 0 Å². The number of benzene rings is 1. The van der Waals surface area contributed by atoms with Gasteiger partial charge in [0.2, 0.25) is 12.7 Å². The number of nitrogens with two attached hydrogens (primary N) is 1. The number of ether oxygens (including phenoxy) is 3. The van der Waals surface area contributed by atoms with Crippen LogP contribution in [-0.2, 0) is 33.1 Å². The highest BCUT2D eigenvalue weighted by Gasteiger charge is 2.45. The summed E-state index contributed by atoms with van der Waals surface area (Å²) in [5.74, 6) is 6.40. The summed E-state index contributed by atoms with van der Waals surface area (Å²) < 4.78 is 17.8. The summed E-state index contributed by atoms with van der Waals surface area (Å²) in [6.45, 7) is 2.02. The van der Waals surface area contributed by atoms with Crippen LogP contribution in [0.3, 0.4) is 0 Å². The van der Waals surface area contributed by atoms with E-state index in [1.165, 1.54) is 0 Å². The van der Waals surface area contributed by atoms with Crippen LogP contribution in [0, 0.1) is 11.8 Å². The largest absolute Gasteiger partial charge is 0.458 e. The van der Waals surface area contributed by atoms with Gasteiger partial charge in [-0.05, 0) is 18.6 Å². The number of esters is 1. The molecule has 3 aromatic rings. The van der Waals surface area contributed by atoms with E-state index >= 15 is 0 Å². The average Bonchev–Trinajstić information content (AvgIpc) is 3.53. The molecule has 0 fully saturated rings. The number of amides is 1. The van der Waals surface area contributed by atoms with Crippen molar-refractivity contribution in [3.05, 3.63) is 50.8 Å². The van der Waals surface area contributed by atoms with Gasteiger partial charge >= 0.3 is 5.97 Å². The molecule has 11 heteroatoms. The van der Waals surface area contributed by atoms with E-state index in [4.69, 9.17) is 24.9 Å². The highest BCUT2D eigenvalue weighted by Crippen LogP contribution is 2.42. The molecule has 0 spiro atoms. The van der Waals surface area contributed by atoms with Crippen LogP contribution in [0.4, 0.5) is 0 Å². The van der Waals surface area contributed by atoms with E-state index in [0.717, 1.165) is 10.9 Å². The zero-order valence-electron chi connectivity index (χ0n) is 20.6. The number of cyclic esters (lactones) is 1. The van der Waals surface area contributed by atoms with E-state index in [1.54, 1.807) is 23.6 Å². The highest BCUT2D eigenvalue weighted by molar-refractivity contribution is 5.93. The van der Waals surface area contributed by atoms with Crippen molar-refractivity contribution in [3.8, 4) is 34.7 Å². The monoisotopic (exact) mass is 516 g/mol. The second-order valence-corrected chi connectivity index (χ2v) is 9.25. The number of nitrogens with one attached hydrogen (secondary N) is 1. The zero-order chi connectivity index (χ0) is 26.6. The van der Waals surface area contributed by atoms with Gasteiger partial charge in [0.1, 0.15) is 6.61 Å². The number of fused-ring (bicyclic) bond motifs is 6. The van der Waals surface area contributed by atoms with E-state index in [1.807, 2.05) is 6.07 Å². The Bertz CT molecular complexity index is 1670. The lowest BCUT2D eigenvalue weighted by Gasteiger charge is -2.31. The Labute approximate surface area is 216 Å². The molecule has 0 aliphatic carbocycles. The average molecular weight is 517 g/mol. The molecule has 5 heterocycles. The maximum absolute atomic E-state index is 13.6. The number of pyridine rings is 2. The Hall–Kier alpha value is -4.40. The third-order valence-electron chi connectivity index (χ3n) is 7.15. The molecule has 0 saturated heterocycles. The second kappa shape index (κ2) is 8.86.